The Bertz CT molecular complexity index is 1600. The van der Waals surface area contributed by atoms with Crippen LogP contribution in [0.3, 0.4) is 0 Å². The van der Waals surface area contributed by atoms with Crippen molar-refractivity contribution in [3.63, 3.8) is 0 Å². The Kier molecular flexibility index (Phi) is 5.22. The first-order chi connectivity index (χ1) is 15.9. The third-order valence-corrected chi connectivity index (χ3v) is 8.60. The Hall–Kier alpha value is -3.56. The normalized spacial score (nSPS) is 12.5. The summed E-state index contributed by atoms with van der Waals surface area (Å²) in [6.45, 7) is 4.27. The number of para-hydroxylation sites is 2. The van der Waals surface area contributed by atoms with Crippen molar-refractivity contribution >= 4 is 55.4 Å². The van der Waals surface area contributed by atoms with Gasteiger partial charge in [-0.05, 0) is 40.6 Å². The van der Waals surface area contributed by atoms with Gasteiger partial charge >= 0.3 is 0 Å². The van der Waals surface area contributed by atoms with Crippen LogP contribution < -0.4 is 5.73 Å². The summed E-state index contributed by atoms with van der Waals surface area (Å²) < 4.78 is 28.4. The second-order valence-corrected chi connectivity index (χ2v) is 11.0. The first kappa shape index (κ1) is 21.3. The van der Waals surface area contributed by atoms with Gasteiger partial charge in [0.1, 0.15) is 20.4 Å². The standard InChI is InChI=1S/C24H21N5O2S2/c1-15(2)17-11-9-16(10-12-17)14-26-29-23(25)22(33(30,31)20-8-5-13-32-20)21-24(29)28-19-7-4-3-6-18(19)27-21/h3-15H,25H2,1-2H3/b26-14+. The average Bonchev–Trinajstić information content (AvgIpc) is 3.43. The molecule has 3 heterocycles. The van der Waals surface area contributed by atoms with E-state index >= 15 is 0 Å². The van der Waals surface area contributed by atoms with E-state index in [9.17, 15) is 8.42 Å². The highest BCUT2D eigenvalue weighted by molar-refractivity contribution is 7.93. The van der Waals surface area contributed by atoms with E-state index < -0.39 is 9.84 Å². The van der Waals surface area contributed by atoms with E-state index in [1.807, 2.05) is 42.5 Å². The fourth-order valence-corrected chi connectivity index (χ4v) is 6.20. The van der Waals surface area contributed by atoms with Gasteiger partial charge in [0.2, 0.25) is 9.84 Å². The summed E-state index contributed by atoms with van der Waals surface area (Å²) in [4.78, 5) is 9.18. The summed E-state index contributed by atoms with van der Waals surface area (Å²) in [7, 11) is -3.90. The number of benzene rings is 2. The van der Waals surface area contributed by atoms with Gasteiger partial charge in [-0.2, -0.15) is 9.78 Å². The summed E-state index contributed by atoms with van der Waals surface area (Å²) in [5, 5.41) is 6.21. The summed E-state index contributed by atoms with van der Waals surface area (Å²) >= 11 is 1.13. The Morgan fingerprint density at radius 3 is 2.33 bits per heavy atom. The molecule has 0 unspecified atom stereocenters. The number of nitrogens with zero attached hydrogens (tertiary/aromatic N) is 4. The first-order valence-electron chi connectivity index (χ1n) is 10.4. The van der Waals surface area contributed by atoms with Crippen molar-refractivity contribution < 1.29 is 8.42 Å². The van der Waals surface area contributed by atoms with Crippen LogP contribution in [0.4, 0.5) is 5.82 Å². The van der Waals surface area contributed by atoms with Gasteiger partial charge in [-0.15, -0.1) is 11.3 Å². The number of hydrogen-bond donors (Lipinski definition) is 1. The van der Waals surface area contributed by atoms with E-state index in [4.69, 9.17) is 5.73 Å². The predicted molar refractivity (Wildman–Crippen MR) is 133 cm³/mol. The fourth-order valence-electron chi connectivity index (χ4n) is 3.61. The van der Waals surface area contributed by atoms with Crippen LogP contribution in [0, 0.1) is 0 Å². The summed E-state index contributed by atoms with van der Waals surface area (Å²) in [6, 6.07) is 18.5. The van der Waals surface area contributed by atoms with Gasteiger partial charge in [0, 0.05) is 0 Å². The fraction of sp³-hybridized carbons (Fsp3) is 0.125. The maximum Gasteiger partial charge on any atom is 0.221 e. The molecule has 0 spiro atoms. The van der Waals surface area contributed by atoms with Crippen LogP contribution in [-0.4, -0.2) is 29.3 Å². The van der Waals surface area contributed by atoms with Crippen molar-refractivity contribution in [2.24, 2.45) is 5.10 Å². The van der Waals surface area contributed by atoms with Crippen LogP contribution in [0.2, 0.25) is 0 Å². The largest absolute Gasteiger partial charge is 0.382 e. The zero-order chi connectivity index (χ0) is 23.2. The SMILES string of the molecule is CC(C)c1ccc(/C=N/n2c(N)c(S(=O)(=O)c3cccs3)c3nc4ccccc4nc32)cc1. The van der Waals surface area contributed by atoms with E-state index in [1.54, 1.807) is 29.8 Å². The van der Waals surface area contributed by atoms with Crippen LogP contribution in [0.25, 0.3) is 22.2 Å². The number of hydrogen-bond acceptors (Lipinski definition) is 7. The molecule has 0 aliphatic heterocycles. The molecule has 0 bridgehead atoms. The van der Waals surface area contributed by atoms with E-state index in [-0.39, 0.29) is 26.1 Å². The Balaban J connectivity index is 1.73. The summed E-state index contributed by atoms with van der Waals surface area (Å²) in [5.41, 5.74) is 10.2. The highest BCUT2D eigenvalue weighted by Gasteiger charge is 2.31. The zero-order valence-electron chi connectivity index (χ0n) is 18.0. The van der Waals surface area contributed by atoms with Gasteiger partial charge < -0.3 is 5.73 Å². The average molecular weight is 476 g/mol. The van der Waals surface area contributed by atoms with Gasteiger partial charge in [0.05, 0.1) is 17.2 Å². The topological polar surface area (TPSA) is 103 Å². The molecule has 0 aliphatic rings. The molecule has 0 radical (unpaired) electrons. The van der Waals surface area contributed by atoms with Crippen molar-refractivity contribution in [1.29, 1.82) is 0 Å². The molecule has 0 aliphatic carbocycles. The molecule has 2 N–H and O–H groups in total. The lowest BCUT2D eigenvalue weighted by Crippen LogP contribution is -2.05. The van der Waals surface area contributed by atoms with Crippen LogP contribution in [0.5, 0.6) is 0 Å². The molecule has 5 rings (SSSR count). The van der Waals surface area contributed by atoms with Crippen molar-refractivity contribution in [2.75, 3.05) is 5.73 Å². The number of anilines is 1. The van der Waals surface area contributed by atoms with Crippen molar-refractivity contribution in [3.05, 3.63) is 77.2 Å². The van der Waals surface area contributed by atoms with Gasteiger partial charge in [0.15, 0.2) is 5.65 Å². The molecule has 5 aromatic rings. The summed E-state index contributed by atoms with van der Waals surface area (Å²) in [5.74, 6) is 0.400. The molecule has 0 fully saturated rings. The molecule has 0 saturated carbocycles. The van der Waals surface area contributed by atoms with Gasteiger partial charge in [0.25, 0.3) is 0 Å². The molecule has 0 amide bonds. The number of nitrogen functional groups attached to an aromatic ring is 1. The molecule has 2 aromatic carbocycles. The minimum absolute atomic E-state index is 0.0243. The van der Waals surface area contributed by atoms with Crippen molar-refractivity contribution in [3.8, 4) is 0 Å². The number of thiophene rings is 1. The number of aromatic nitrogens is 3. The molecule has 166 valence electrons. The summed E-state index contributed by atoms with van der Waals surface area (Å²) in [6.07, 6.45) is 1.64. The molecule has 3 aromatic heterocycles. The highest BCUT2D eigenvalue weighted by atomic mass is 32.2. The lowest BCUT2D eigenvalue weighted by molar-refractivity contribution is 0.599. The third-order valence-electron chi connectivity index (χ3n) is 5.38. The molecular formula is C24H21N5O2S2. The maximum atomic E-state index is 13.5. The lowest BCUT2D eigenvalue weighted by atomic mass is 10.0. The third kappa shape index (κ3) is 3.69. The quantitative estimate of drug-likeness (QED) is 0.358. The number of fused-ring (bicyclic) bond motifs is 2. The second-order valence-electron chi connectivity index (χ2n) is 7.91. The van der Waals surface area contributed by atoms with Crippen LogP contribution in [0.1, 0.15) is 30.9 Å². The van der Waals surface area contributed by atoms with Crippen LogP contribution in [-0.2, 0) is 9.84 Å². The minimum atomic E-state index is -3.90. The van der Waals surface area contributed by atoms with Crippen LogP contribution in [0.15, 0.2) is 80.2 Å². The Morgan fingerprint density at radius 2 is 1.70 bits per heavy atom. The Morgan fingerprint density at radius 1 is 1.00 bits per heavy atom. The molecule has 7 nitrogen and oxygen atoms in total. The van der Waals surface area contributed by atoms with E-state index in [0.717, 1.165) is 16.9 Å². The van der Waals surface area contributed by atoms with Gasteiger partial charge in [-0.25, -0.2) is 18.4 Å². The first-order valence-corrected chi connectivity index (χ1v) is 12.7. The van der Waals surface area contributed by atoms with E-state index in [1.165, 1.54) is 10.2 Å². The van der Waals surface area contributed by atoms with Gasteiger partial charge in [-0.1, -0.05) is 56.3 Å². The van der Waals surface area contributed by atoms with Gasteiger partial charge in [-0.3, -0.25) is 0 Å². The molecule has 9 heteroatoms. The lowest BCUT2D eigenvalue weighted by Gasteiger charge is -2.05. The molecule has 33 heavy (non-hydrogen) atoms. The van der Waals surface area contributed by atoms with Crippen molar-refractivity contribution in [1.82, 2.24) is 14.6 Å². The monoisotopic (exact) mass is 475 g/mol. The molecule has 0 atom stereocenters. The minimum Gasteiger partial charge on any atom is -0.382 e. The number of rotatable bonds is 5. The predicted octanol–water partition coefficient (Wildman–Crippen LogP) is 5.07. The Labute approximate surface area is 195 Å². The van der Waals surface area contributed by atoms with Crippen molar-refractivity contribution in [2.45, 2.75) is 28.9 Å². The maximum absolute atomic E-state index is 13.5. The number of sulfone groups is 1. The molecular weight excluding hydrogens is 454 g/mol. The van der Waals surface area contributed by atoms with E-state index in [2.05, 4.69) is 28.9 Å². The van der Waals surface area contributed by atoms with Crippen LogP contribution >= 0.6 is 11.3 Å². The second kappa shape index (κ2) is 8.09. The smallest absolute Gasteiger partial charge is 0.221 e. The molecule has 0 saturated heterocycles. The zero-order valence-corrected chi connectivity index (χ0v) is 19.6. The van der Waals surface area contributed by atoms with E-state index in [0.29, 0.717) is 17.0 Å². The highest BCUT2D eigenvalue weighted by Crippen LogP contribution is 2.36. The number of nitrogens with two attached hydrogens (primary N) is 1.